The zero-order chi connectivity index (χ0) is 10.7. The summed E-state index contributed by atoms with van der Waals surface area (Å²) in [7, 11) is 0. The van der Waals surface area contributed by atoms with Gasteiger partial charge in [-0.05, 0) is 18.1 Å². The third kappa shape index (κ3) is 1.88. The minimum Gasteiger partial charge on any atom is -0.504 e. The van der Waals surface area contributed by atoms with E-state index in [2.05, 4.69) is 0 Å². The third-order valence-electron chi connectivity index (χ3n) is 2.30. The van der Waals surface area contributed by atoms with Gasteiger partial charge in [0.1, 0.15) is 19.5 Å². The summed E-state index contributed by atoms with van der Waals surface area (Å²) in [6.07, 6.45) is 1.75. The summed E-state index contributed by atoms with van der Waals surface area (Å²) in [5.41, 5.74) is 0.714. The van der Waals surface area contributed by atoms with E-state index in [1.807, 2.05) is 0 Å². The van der Waals surface area contributed by atoms with Crippen LogP contribution in [-0.2, 0) is 11.2 Å². The molecule has 15 heavy (non-hydrogen) atoms. The Morgan fingerprint density at radius 1 is 1.33 bits per heavy atom. The maximum atomic E-state index is 10.2. The van der Waals surface area contributed by atoms with Gasteiger partial charge in [0.05, 0.1) is 0 Å². The van der Waals surface area contributed by atoms with Crippen molar-refractivity contribution in [2.45, 2.75) is 12.8 Å². The molecule has 1 aromatic carbocycles. The number of rotatable bonds is 3. The first-order chi connectivity index (χ1) is 7.33. The maximum absolute atomic E-state index is 10.2. The number of aryl methyl sites for hydroxylation is 1. The molecule has 0 aromatic heterocycles. The van der Waals surface area contributed by atoms with Crippen LogP contribution in [0.2, 0.25) is 0 Å². The molecule has 4 heteroatoms. The highest BCUT2D eigenvalue weighted by atomic mass is 16.6. The molecule has 0 bridgehead atoms. The molecule has 0 saturated carbocycles. The van der Waals surface area contributed by atoms with Crippen molar-refractivity contribution in [2.24, 2.45) is 0 Å². The molecular formula is C11H12O4. The predicted molar refractivity (Wildman–Crippen MR) is 53.5 cm³/mol. The van der Waals surface area contributed by atoms with Crippen LogP contribution in [0.5, 0.6) is 17.2 Å². The maximum Gasteiger partial charge on any atom is 0.203 e. The number of aldehydes is 1. The van der Waals surface area contributed by atoms with Crippen LogP contribution in [0.25, 0.3) is 0 Å². The van der Waals surface area contributed by atoms with Gasteiger partial charge in [0, 0.05) is 6.42 Å². The molecule has 80 valence electrons. The van der Waals surface area contributed by atoms with Crippen molar-refractivity contribution in [1.82, 2.24) is 0 Å². The third-order valence-corrected chi connectivity index (χ3v) is 2.30. The molecule has 0 aliphatic carbocycles. The Hall–Kier alpha value is -1.71. The molecule has 1 aromatic rings. The molecule has 0 fully saturated rings. The average Bonchev–Trinajstić information content (AvgIpc) is 2.29. The Balaban J connectivity index is 2.30. The average molecular weight is 208 g/mol. The Kier molecular flexibility index (Phi) is 2.76. The molecule has 0 saturated heterocycles. The zero-order valence-electron chi connectivity index (χ0n) is 8.23. The van der Waals surface area contributed by atoms with Crippen molar-refractivity contribution < 1.29 is 19.4 Å². The molecule has 0 amide bonds. The van der Waals surface area contributed by atoms with E-state index < -0.39 is 0 Å². The number of carbonyl (C=O) groups is 1. The summed E-state index contributed by atoms with van der Waals surface area (Å²) in [5.74, 6) is 1.05. The monoisotopic (exact) mass is 208 g/mol. The van der Waals surface area contributed by atoms with Crippen molar-refractivity contribution in [1.29, 1.82) is 0 Å². The molecule has 2 rings (SSSR count). The van der Waals surface area contributed by atoms with E-state index in [1.54, 1.807) is 12.1 Å². The van der Waals surface area contributed by atoms with Crippen LogP contribution in [0.15, 0.2) is 12.1 Å². The first-order valence-corrected chi connectivity index (χ1v) is 4.87. The summed E-state index contributed by atoms with van der Waals surface area (Å²) in [6, 6.07) is 3.51. The fourth-order valence-electron chi connectivity index (χ4n) is 1.56. The molecule has 0 radical (unpaired) electrons. The SMILES string of the molecule is O=CCCc1ccc2c(c1O)OCCO2. The fourth-order valence-corrected chi connectivity index (χ4v) is 1.56. The minimum absolute atomic E-state index is 0.0917. The summed E-state index contributed by atoms with van der Waals surface area (Å²) in [6.45, 7) is 0.942. The van der Waals surface area contributed by atoms with Gasteiger partial charge in [-0.25, -0.2) is 0 Å². The first-order valence-electron chi connectivity index (χ1n) is 4.87. The van der Waals surface area contributed by atoms with Crippen molar-refractivity contribution >= 4 is 6.29 Å². The van der Waals surface area contributed by atoms with E-state index in [4.69, 9.17) is 9.47 Å². The number of benzene rings is 1. The Labute approximate surface area is 87.4 Å². The molecule has 4 nitrogen and oxygen atoms in total. The van der Waals surface area contributed by atoms with E-state index in [-0.39, 0.29) is 5.75 Å². The highest BCUT2D eigenvalue weighted by Gasteiger charge is 2.18. The number of ether oxygens (including phenoxy) is 2. The van der Waals surface area contributed by atoms with Gasteiger partial charge in [-0.2, -0.15) is 0 Å². The normalized spacial score (nSPS) is 13.6. The Morgan fingerprint density at radius 3 is 2.93 bits per heavy atom. The van der Waals surface area contributed by atoms with Crippen molar-refractivity contribution in [3.63, 3.8) is 0 Å². The molecule has 0 spiro atoms. The fraction of sp³-hybridized carbons (Fsp3) is 0.364. The number of fused-ring (bicyclic) bond motifs is 1. The summed E-state index contributed by atoms with van der Waals surface area (Å²) in [4.78, 5) is 10.2. The van der Waals surface area contributed by atoms with Crippen LogP contribution in [0.1, 0.15) is 12.0 Å². The van der Waals surface area contributed by atoms with Crippen molar-refractivity contribution in [2.75, 3.05) is 13.2 Å². The molecule has 1 heterocycles. The van der Waals surface area contributed by atoms with Gasteiger partial charge in [0.2, 0.25) is 5.75 Å². The van der Waals surface area contributed by atoms with Crippen LogP contribution in [0.4, 0.5) is 0 Å². The number of hydrogen-bond donors (Lipinski definition) is 1. The summed E-state index contributed by atoms with van der Waals surface area (Å²) in [5, 5.41) is 9.84. The van der Waals surface area contributed by atoms with E-state index in [9.17, 15) is 9.90 Å². The van der Waals surface area contributed by atoms with Crippen LogP contribution >= 0.6 is 0 Å². The summed E-state index contributed by atoms with van der Waals surface area (Å²) >= 11 is 0. The van der Waals surface area contributed by atoms with Gasteiger partial charge in [0.15, 0.2) is 11.5 Å². The number of aromatic hydroxyl groups is 1. The Morgan fingerprint density at radius 2 is 2.13 bits per heavy atom. The minimum atomic E-state index is 0.0917. The zero-order valence-corrected chi connectivity index (χ0v) is 8.23. The quantitative estimate of drug-likeness (QED) is 0.760. The first kappa shape index (κ1) is 9.83. The van der Waals surface area contributed by atoms with Crippen LogP contribution in [0.3, 0.4) is 0 Å². The van der Waals surface area contributed by atoms with E-state index in [0.29, 0.717) is 43.1 Å². The molecule has 0 atom stereocenters. The molecule has 1 aliphatic heterocycles. The lowest BCUT2D eigenvalue weighted by molar-refractivity contribution is -0.107. The lowest BCUT2D eigenvalue weighted by atomic mass is 10.1. The number of phenolic OH excluding ortho intramolecular Hbond substituents is 1. The number of hydrogen-bond acceptors (Lipinski definition) is 4. The van der Waals surface area contributed by atoms with Gasteiger partial charge in [-0.3, -0.25) is 0 Å². The number of phenols is 1. The van der Waals surface area contributed by atoms with Gasteiger partial charge in [0.25, 0.3) is 0 Å². The van der Waals surface area contributed by atoms with Gasteiger partial charge in [-0.1, -0.05) is 6.07 Å². The lowest BCUT2D eigenvalue weighted by Crippen LogP contribution is -2.15. The number of carbonyl (C=O) groups excluding carboxylic acids is 1. The lowest BCUT2D eigenvalue weighted by Gasteiger charge is -2.20. The second kappa shape index (κ2) is 4.21. The largest absolute Gasteiger partial charge is 0.504 e. The molecular weight excluding hydrogens is 196 g/mol. The van der Waals surface area contributed by atoms with Crippen LogP contribution < -0.4 is 9.47 Å². The second-order valence-corrected chi connectivity index (χ2v) is 3.30. The molecule has 0 unspecified atom stereocenters. The Bertz CT molecular complexity index is 373. The van der Waals surface area contributed by atoms with Gasteiger partial charge < -0.3 is 19.4 Å². The highest BCUT2D eigenvalue weighted by molar-refractivity contribution is 5.57. The van der Waals surface area contributed by atoms with E-state index in [1.165, 1.54) is 0 Å². The van der Waals surface area contributed by atoms with E-state index in [0.717, 1.165) is 6.29 Å². The van der Waals surface area contributed by atoms with Gasteiger partial charge in [-0.15, -0.1) is 0 Å². The van der Waals surface area contributed by atoms with Crippen LogP contribution in [0, 0.1) is 0 Å². The second-order valence-electron chi connectivity index (χ2n) is 3.30. The standard InChI is InChI=1S/C11H12O4/c12-5-1-2-8-3-4-9-11(10(8)13)15-7-6-14-9/h3-5,13H,1-2,6-7H2. The summed E-state index contributed by atoms with van der Waals surface area (Å²) < 4.78 is 10.6. The van der Waals surface area contributed by atoms with Gasteiger partial charge >= 0.3 is 0 Å². The predicted octanol–water partition coefficient (Wildman–Crippen LogP) is 1.29. The van der Waals surface area contributed by atoms with E-state index >= 15 is 0 Å². The smallest absolute Gasteiger partial charge is 0.203 e. The van der Waals surface area contributed by atoms with Crippen molar-refractivity contribution in [3.05, 3.63) is 17.7 Å². The topological polar surface area (TPSA) is 55.8 Å². The highest BCUT2D eigenvalue weighted by Crippen LogP contribution is 2.41. The molecule has 1 aliphatic rings. The van der Waals surface area contributed by atoms with Crippen molar-refractivity contribution in [3.8, 4) is 17.2 Å². The van der Waals surface area contributed by atoms with Crippen LogP contribution in [-0.4, -0.2) is 24.6 Å². The molecule has 1 N–H and O–H groups in total.